The second-order valence-corrected chi connectivity index (χ2v) is 4.04. The Kier molecular flexibility index (Phi) is 2.54. The van der Waals surface area contributed by atoms with Gasteiger partial charge >= 0.3 is 0 Å². The Morgan fingerprint density at radius 2 is 2.36 bits per heavy atom. The number of nitrogens with one attached hydrogen (secondary N) is 1. The topological polar surface area (TPSA) is 29.9 Å². The second-order valence-electron chi connectivity index (χ2n) is 3.26. The van der Waals surface area contributed by atoms with Crippen molar-refractivity contribution in [1.29, 1.82) is 0 Å². The quantitative estimate of drug-likeness (QED) is 0.838. The smallest absolute Gasteiger partial charge is 0.0654 e. The highest BCUT2D eigenvalue weighted by Gasteiger charge is 2.08. The van der Waals surface area contributed by atoms with Crippen LogP contribution in [-0.4, -0.2) is 9.78 Å². The zero-order valence-electron chi connectivity index (χ0n) is 8.27. The minimum atomic E-state index is 0.289. The number of nitrogens with zero attached hydrogens (tertiary/aromatic N) is 2. The number of rotatable bonds is 3. The van der Waals surface area contributed by atoms with Gasteiger partial charge in [-0.1, -0.05) is 0 Å². The summed E-state index contributed by atoms with van der Waals surface area (Å²) in [5, 5.41) is 11.7. The third-order valence-corrected chi connectivity index (χ3v) is 2.89. The highest BCUT2D eigenvalue weighted by molar-refractivity contribution is 7.08. The second kappa shape index (κ2) is 3.84. The van der Waals surface area contributed by atoms with Gasteiger partial charge in [-0.05, 0) is 24.4 Å². The van der Waals surface area contributed by atoms with Gasteiger partial charge in [0.05, 0.1) is 11.7 Å². The molecule has 0 aliphatic heterocycles. The molecule has 2 heterocycles. The highest BCUT2D eigenvalue weighted by Crippen LogP contribution is 2.20. The number of hydrogen-bond acceptors (Lipinski definition) is 3. The molecule has 2 rings (SSSR count). The van der Waals surface area contributed by atoms with E-state index in [1.54, 1.807) is 11.3 Å². The first-order valence-electron chi connectivity index (χ1n) is 4.54. The van der Waals surface area contributed by atoms with Crippen molar-refractivity contribution in [3.8, 4) is 0 Å². The van der Waals surface area contributed by atoms with Crippen molar-refractivity contribution in [2.24, 2.45) is 7.05 Å². The van der Waals surface area contributed by atoms with Crippen molar-refractivity contribution in [2.75, 3.05) is 5.32 Å². The summed E-state index contributed by atoms with van der Waals surface area (Å²) in [5.74, 6) is 0. The van der Waals surface area contributed by atoms with Crippen LogP contribution in [0.1, 0.15) is 18.7 Å². The van der Waals surface area contributed by atoms with Gasteiger partial charge in [0.2, 0.25) is 0 Å². The maximum atomic E-state index is 4.15. The summed E-state index contributed by atoms with van der Waals surface area (Å²) in [4.78, 5) is 0. The summed E-state index contributed by atoms with van der Waals surface area (Å²) < 4.78 is 1.89. The van der Waals surface area contributed by atoms with Crippen LogP contribution in [0.5, 0.6) is 0 Å². The van der Waals surface area contributed by atoms with Crippen molar-refractivity contribution < 1.29 is 0 Å². The summed E-state index contributed by atoms with van der Waals surface area (Å²) >= 11 is 1.70. The Bertz CT molecular complexity index is 391. The van der Waals surface area contributed by atoms with E-state index in [9.17, 15) is 0 Å². The predicted molar refractivity (Wildman–Crippen MR) is 59.6 cm³/mol. The van der Waals surface area contributed by atoms with Crippen LogP contribution in [0, 0.1) is 0 Å². The van der Waals surface area contributed by atoms with E-state index in [-0.39, 0.29) is 6.04 Å². The third kappa shape index (κ3) is 1.80. The van der Waals surface area contributed by atoms with E-state index in [1.165, 1.54) is 11.4 Å². The van der Waals surface area contributed by atoms with Crippen LogP contribution in [0.15, 0.2) is 29.1 Å². The molecule has 4 heteroatoms. The molecular formula is C10H13N3S. The molecule has 74 valence electrons. The van der Waals surface area contributed by atoms with Crippen molar-refractivity contribution in [1.82, 2.24) is 9.78 Å². The van der Waals surface area contributed by atoms with Gasteiger partial charge in [-0.15, -0.1) is 0 Å². The molecular weight excluding hydrogens is 194 g/mol. The normalized spacial score (nSPS) is 12.7. The minimum Gasteiger partial charge on any atom is -0.376 e. The van der Waals surface area contributed by atoms with E-state index in [0.717, 1.165) is 0 Å². The summed E-state index contributed by atoms with van der Waals surface area (Å²) in [5.41, 5.74) is 2.36. The zero-order chi connectivity index (χ0) is 9.97. The molecule has 0 bridgehead atoms. The van der Waals surface area contributed by atoms with Crippen LogP contribution in [0.2, 0.25) is 0 Å². The molecule has 1 unspecified atom stereocenters. The van der Waals surface area contributed by atoms with Gasteiger partial charge in [-0.3, -0.25) is 4.68 Å². The molecule has 1 N–H and O–H groups in total. The third-order valence-electron chi connectivity index (χ3n) is 2.21. The molecule has 2 aromatic heterocycles. The largest absolute Gasteiger partial charge is 0.376 e. The van der Waals surface area contributed by atoms with Crippen molar-refractivity contribution >= 4 is 17.0 Å². The lowest BCUT2D eigenvalue weighted by Crippen LogP contribution is -2.10. The van der Waals surface area contributed by atoms with E-state index < -0.39 is 0 Å². The molecule has 0 radical (unpaired) electrons. The molecule has 0 saturated carbocycles. The lowest BCUT2D eigenvalue weighted by atomic mass is 10.2. The molecule has 0 amide bonds. The van der Waals surface area contributed by atoms with Crippen LogP contribution >= 0.6 is 11.3 Å². The fourth-order valence-electron chi connectivity index (χ4n) is 1.48. The lowest BCUT2D eigenvalue weighted by molar-refractivity contribution is 0.676. The SMILES string of the molecule is CC(Nc1ccsc1)c1ccnn1C. The van der Waals surface area contributed by atoms with E-state index in [1.807, 2.05) is 24.0 Å². The summed E-state index contributed by atoms with van der Waals surface area (Å²) in [6.07, 6.45) is 1.82. The van der Waals surface area contributed by atoms with Gasteiger partial charge in [-0.25, -0.2) is 0 Å². The molecule has 0 aromatic carbocycles. The van der Waals surface area contributed by atoms with Crippen LogP contribution < -0.4 is 5.32 Å². The van der Waals surface area contributed by atoms with Crippen molar-refractivity contribution in [3.05, 3.63) is 34.8 Å². The summed E-state index contributed by atoms with van der Waals surface area (Å²) in [6.45, 7) is 2.13. The Hall–Kier alpha value is -1.29. The number of aromatic nitrogens is 2. The van der Waals surface area contributed by atoms with Gasteiger partial charge in [0.25, 0.3) is 0 Å². The van der Waals surface area contributed by atoms with Crippen molar-refractivity contribution in [2.45, 2.75) is 13.0 Å². The van der Waals surface area contributed by atoms with Crippen LogP contribution in [0.3, 0.4) is 0 Å². The average Bonchev–Trinajstić information content (AvgIpc) is 2.75. The lowest BCUT2D eigenvalue weighted by Gasteiger charge is -2.13. The molecule has 3 nitrogen and oxygen atoms in total. The van der Waals surface area contributed by atoms with Crippen LogP contribution in [0.4, 0.5) is 5.69 Å². The fraction of sp³-hybridized carbons (Fsp3) is 0.300. The molecule has 0 aliphatic carbocycles. The van der Waals surface area contributed by atoms with Gasteiger partial charge in [0.15, 0.2) is 0 Å². The number of thiophene rings is 1. The van der Waals surface area contributed by atoms with E-state index in [2.05, 4.69) is 34.2 Å². The van der Waals surface area contributed by atoms with E-state index >= 15 is 0 Å². The maximum Gasteiger partial charge on any atom is 0.0654 e. The van der Waals surface area contributed by atoms with E-state index in [4.69, 9.17) is 0 Å². The molecule has 14 heavy (non-hydrogen) atoms. The Labute approximate surface area is 87.4 Å². The molecule has 0 fully saturated rings. The fourth-order valence-corrected chi connectivity index (χ4v) is 2.08. The van der Waals surface area contributed by atoms with Crippen LogP contribution in [0.25, 0.3) is 0 Å². The minimum absolute atomic E-state index is 0.289. The van der Waals surface area contributed by atoms with Gasteiger partial charge in [0, 0.05) is 24.3 Å². The monoisotopic (exact) mass is 207 g/mol. The van der Waals surface area contributed by atoms with Crippen molar-refractivity contribution in [3.63, 3.8) is 0 Å². The summed E-state index contributed by atoms with van der Waals surface area (Å²) in [6, 6.07) is 4.40. The Balaban J connectivity index is 2.10. The average molecular weight is 207 g/mol. The van der Waals surface area contributed by atoms with Gasteiger partial charge in [0.1, 0.15) is 0 Å². The molecule has 1 atom stereocenters. The number of aryl methyl sites for hydroxylation is 1. The first-order chi connectivity index (χ1) is 6.77. The predicted octanol–water partition coefficient (Wildman–Crippen LogP) is 2.65. The Morgan fingerprint density at radius 1 is 1.50 bits per heavy atom. The first-order valence-corrected chi connectivity index (χ1v) is 5.48. The maximum absolute atomic E-state index is 4.15. The van der Waals surface area contributed by atoms with Gasteiger partial charge in [-0.2, -0.15) is 16.4 Å². The Morgan fingerprint density at radius 3 is 2.93 bits per heavy atom. The van der Waals surface area contributed by atoms with Crippen LogP contribution in [-0.2, 0) is 7.05 Å². The summed E-state index contributed by atoms with van der Waals surface area (Å²) in [7, 11) is 1.96. The zero-order valence-corrected chi connectivity index (χ0v) is 9.08. The van der Waals surface area contributed by atoms with Gasteiger partial charge < -0.3 is 5.32 Å². The number of hydrogen-bond donors (Lipinski definition) is 1. The molecule has 2 aromatic rings. The number of anilines is 1. The highest BCUT2D eigenvalue weighted by atomic mass is 32.1. The molecule has 0 aliphatic rings. The molecule has 0 saturated heterocycles. The standard InChI is InChI=1S/C10H13N3S/c1-8(10-3-5-11-13(10)2)12-9-4-6-14-7-9/h3-8,12H,1-2H3. The van der Waals surface area contributed by atoms with E-state index in [0.29, 0.717) is 0 Å². The molecule has 0 spiro atoms. The first kappa shape index (κ1) is 9.27.